The van der Waals surface area contributed by atoms with Gasteiger partial charge >= 0.3 is 0 Å². The van der Waals surface area contributed by atoms with Gasteiger partial charge in [0.15, 0.2) is 11.6 Å². The summed E-state index contributed by atoms with van der Waals surface area (Å²) in [5.74, 6) is 0.378. The number of fused-ring (bicyclic) bond motifs is 1. The van der Waals surface area contributed by atoms with Crippen molar-refractivity contribution in [2.24, 2.45) is 5.92 Å². The van der Waals surface area contributed by atoms with Crippen LogP contribution in [-0.4, -0.2) is 15.6 Å². The second-order valence-electron chi connectivity index (χ2n) is 6.78. The fraction of sp³-hybridized carbons (Fsp3) is 0.200. The van der Waals surface area contributed by atoms with Crippen molar-refractivity contribution in [3.05, 3.63) is 69.6 Å². The molecule has 1 atom stereocenters. The van der Waals surface area contributed by atoms with Crippen LogP contribution in [-0.2, 0) is 6.42 Å². The lowest BCUT2D eigenvalue weighted by Crippen LogP contribution is -2.19. The summed E-state index contributed by atoms with van der Waals surface area (Å²) in [7, 11) is 0. The van der Waals surface area contributed by atoms with Gasteiger partial charge in [-0.1, -0.05) is 30.1 Å². The van der Waals surface area contributed by atoms with Gasteiger partial charge in [0.1, 0.15) is 5.82 Å². The zero-order valence-electron chi connectivity index (χ0n) is 14.5. The number of carbonyl (C=O) groups excluding carboxylic acids is 1. The van der Waals surface area contributed by atoms with E-state index in [1.807, 2.05) is 6.92 Å². The number of nitrogens with zero attached hydrogens (tertiary/aromatic N) is 2. The van der Waals surface area contributed by atoms with Crippen LogP contribution in [0.25, 0.3) is 5.69 Å². The van der Waals surface area contributed by atoms with E-state index >= 15 is 0 Å². The van der Waals surface area contributed by atoms with Crippen molar-refractivity contribution >= 4 is 40.5 Å². The van der Waals surface area contributed by atoms with E-state index in [2.05, 4.69) is 10.4 Å². The number of carbonyl (C=O) groups is 1. The van der Waals surface area contributed by atoms with Crippen LogP contribution >= 0.6 is 23.2 Å². The molecule has 1 N–H and O–H groups in total. The highest BCUT2D eigenvalue weighted by Crippen LogP contribution is 2.34. The van der Waals surface area contributed by atoms with E-state index in [0.717, 1.165) is 5.69 Å². The standard InChI is InChI=1S/C20H16Cl2FN3O/c1-11-6-17-19(18(27)7-11)20(24-15-9-12(21)8-13(22)10-15)25-26(17)16-4-2-14(23)3-5-16/h2-5,8-11H,6-7H2,1H3,(H,24,25)/t11-/m0/s1. The number of ketones is 1. The fourth-order valence-corrected chi connectivity index (χ4v) is 3.93. The molecule has 1 aromatic heterocycles. The number of Topliss-reactive ketones (excluding diaryl/α,β-unsaturated/α-hetero) is 1. The smallest absolute Gasteiger partial charge is 0.168 e. The Morgan fingerprint density at radius 1 is 1.11 bits per heavy atom. The molecule has 0 spiro atoms. The molecule has 0 saturated heterocycles. The maximum Gasteiger partial charge on any atom is 0.168 e. The van der Waals surface area contributed by atoms with Gasteiger partial charge in [0.2, 0.25) is 0 Å². The fourth-order valence-electron chi connectivity index (χ4n) is 3.40. The normalized spacial score (nSPS) is 16.3. The molecule has 27 heavy (non-hydrogen) atoms. The molecule has 4 nitrogen and oxygen atoms in total. The van der Waals surface area contributed by atoms with Crippen LogP contribution < -0.4 is 5.32 Å². The van der Waals surface area contributed by atoms with Gasteiger partial charge in [0, 0.05) is 22.2 Å². The summed E-state index contributed by atoms with van der Waals surface area (Å²) < 4.78 is 15.0. The van der Waals surface area contributed by atoms with Crippen molar-refractivity contribution in [2.45, 2.75) is 19.8 Å². The molecule has 0 radical (unpaired) electrons. The molecule has 0 bridgehead atoms. The van der Waals surface area contributed by atoms with Gasteiger partial charge < -0.3 is 5.32 Å². The number of halogens is 3. The highest BCUT2D eigenvalue weighted by atomic mass is 35.5. The predicted molar refractivity (Wildman–Crippen MR) is 105 cm³/mol. The molecular formula is C20H16Cl2FN3O. The molecule has 138 valence electrons. The third-order valence-electron chi connectivity index (χ3n) is 4.53. The van der Waals surface area contributed by atoms with Gasteiger partial charge in [-0.3, -0.25) is 4.79 Å². The Hall–Kier alpha value is -2.37. The van der Waals surface area contributed by atoms with Crippen molar-refractivity contribution in [1.29, 1.82) is 0 Å². The molecule has 7 heteroatoms. The van der Waals surface area contributed by atoms with Gasteiger partial charge in [-0.25, -0.2) is 9.07 Å². The number of anilines is 2. The number of aromatic nitrogens is 2. The third kappa shape index (κ3) is 3.57. The average molecular weight is 404 g/mol. The molecule has 0 aliphatic heterocycles. The number of nitrogens with one attached hydrogen (secondary N) is 1. The Kier molecular flexibility index (Phi) is 4.66. The van der Waals surface area contributed by atoms with Crippen LogP contribution in [0.15, 0.2) is 42.5 Å². The average Bonchev–Trinajstić information content (AvgIpc) is 2.93. The minimum absolute atomic E-state index is 0.0349. The molecule has 1 heterocycles. The van der Waals surface area contributed by atoms with Crippen molar-refractivity contribution in [1.82, 2.24) is 9.78 Å². The van der Waals surface area contributed by atoms with Crippen molar-refractivity contribution in [3.63, 3.8) is 0 Å². The van der Waals surface area contributed by atoms with E-state index in [9.17, 15) is 9.18 Å². The summed E-state index contributed by atoms with van der Waals surface area (Å²) >= 11 is 12.1. The lowest BCUT2D eigenvalue weighted by molar-refractivity contribution is 0.0953. The number of hydrogen-bond donors (Lipinski definition) is 1. The van der Waals surface area contributed by atoms with Gasteiger partial charge in [-0.15, -0.1) is 5.10 Å². The summed E-state index contributed by atoms with van der Waals surface area (Å²) in [5.41, 5.74) is 2.73. The van der Waals surface area contributed by atoms with Crippen LogP contribution in [0.2, 0.25) is 10.0 Å². The van der Waals surface area contributed by atoms with Crippen LogP contribution in [0.1, 0.15) is 29.4 Å². The lowest BCUT2D eigenvalue weighted by atomic mass is 9.87. The van der Waals surface area contributed by atoms with E-state index in [1.54, 1.807) is 35.0 Å². The summed E-state index contributed by atoms with van der Waals surface area (Å²) in [6.45, 7) is 2.03. The summed E-state index contributed by atoms with van der Waals surface area (Å²) in [6.07, 6.45) is 1.18. The maximum atomic E-state index is 13.3. The molecule has 1 aliphatic carbocycles. The second-order valence-corrected chi connectivity index (χ2v) is 7.65. The molecule has 1 aliphatic rings. The second kappa shape index (κ2) is 6.98. The maximum absolute atomic E-state index is 13.3. The Morgan fingerprint density at radius 3 is 2.44 bits per heavy atom. The molecule has 0 amide bonds. The van der Waals surface area contributed by atoms with Gasteiger partial charge in [0.05, 0.1) is 16.9 Å². The highest BCUT2D eigenvalue weighted by molar-refractivity contribution is 6.35. The molecule has 0 fully saturated rings. The van der Waals surface area contributed by atoms with Gasteiger partial charge in [-0.05, 0) is 54.8 Å². The first-order valence-corrected chi connectivity index (χ1v) is 9.30. The molecular weight excluding hydrogens is 388 g/mol. The first-order chi connectivity index (χ1) is 12.9. The SMILES string of the molecule is C[C@@H]1CC(=O)c2c(Nc3cc(Cl)cc(Cl)c3)nn(-c3ccc(F)cc3)c2C1. The third-order valence-corrected chi connectivity index (χ3v) is 4.97. The zero-order chi connectivity index (χ0) is 19.1. The van der Waals surface area contributed by atoms with Crippen molar-refractivity contribution in [3.8, 4) is 5.69 Å². The van der Waals surface area contributed by atoms with Crippen LogP contribution in [0.3, 0.4) is 0 Å². The number of hydrogen-bond acceptors (Lipinski definition) is 3. The van der Waals surface area contributed by atoms with Crippen LogP contribution in [0.4, 0.5) is 15.9 Å². The minimum Gasteiger partial charge on any atom is -0.338 e. The molecule has 2 aromatic carbocycles. The number of benzene rings is 2. The first-order valence-electron chi connectivity index (χ1n) is 8.55. The monoisotopic (exact) mass is 403 g/mol. The van der Waals surface area contributed by atoms with E-state index < -0.39 is 0 Å². The molecule has 4 rings (SSSR count). The van der Waals surface area contributed by atoms with Crippen molar-refractivity contribution in [2.75, 3.05) is 5.32 Å². The van der Waals surface area contributed by atoms with Crippen LogP contribution in [0.5, 0.6) is 0 Å². The van der Waals surface area contributed by atoms with Gasteiger partial charge in [0.25, 0.3) is 0 Å². The molecule has 0 saturated carbocycles. The summed E-state index contributed by atoms with van der Waals surface area (Å²) in [5, 5.41) is 8.74. The quantitative estimate of drug-likeness (QED) is 0.598. The first kappa shape index (κ1) is 18.0. The van der Waals surface area contributed by atoms with E-state index in [1.165, 1.54) is 12.1 Å². The predicted octanol–water partition coefficient (Wildman–Crippen LogP) is 5.83. The van der Waals surface area contributed by atoms with E-state index in [4.69, 9.17) is 23.2 Å². The van der Waals surface area contributed by atoms with Crippen LogP contribution in [0, 0.1) is 11.7 Å². The highest BCUT2D eigenvalue weighted by Gasteiger charge is 2.31. The van der Waals surface area contributed by atoms with E-state index in [0.29, 0.717) is 45.6 Å². The Morgan fingerprint density at radius 2 is 1.78 bits per heavy atom. The minimum atomic E-state index is -0.323. The Balaban J connectivity index is 1.83. The largest absolute Gasteiger partial charge is 0.338 e. The zero-order valence-corrected chi connectivity index (χ0v) is 16.0. The van der Waals surface area contributed by atoms with E-state index in [-0.39, 0.29) is 17.5 Å². The Bertz CT molecular complexity index is 1010. The summed E-state index contributed by atoms with van der Waals surface area (Å²) in [4.78, 5) is 12.7. The number of rotatable bonds is 3. The van der Waals surface area contributed by atoms with Crippen molar-refractivity contribution < 1.29 is 9.18 Å². The topological polar surface area (TPSA) is 46.9 Å². The molecule has 0 unspecified atom stereocenters. The van der Waals surface area contributed by atoms with Gasteiger partial charge in [-0.2, -0.15) is 0 Å². The summed E-state index contributed by atoms with van der Waals surface area (Å²) in [6, 6.07) is 11.1. The lowest BCUT2D eigenvalue weighted by Gasteiger charge is -2.19. The Labute approximate surface area is 165 Å². The molecule has 3 aromatic rings.